The third-order valence-electron chi connectivity index (χ3n) is 5.72. The number of benzene rings is 1. The van der Waals surface area contributed by atoms with Crippen LogP contribution < -0.4 is 20.3 Å². The van der Waals surface area contributed by atoms with Gasteiger partial charge in [-0.1, -0.05) is 17.4 Å². The van der Waals surface area contributed by atoms with Crippen molar-refractivity contribution in [3.8, 4) is 21.4 Å². The molecule has 0 spiro atoms. The first-order valence-corrected chi connectivity index (χ1v) is 12.7. The van der Waals surface area contributed by atoms with E-state index in [1.54, 1.807) is 54.7 Å². The molecule has 12 heteroatoms. The average molecular weight is 513 g/mol. The summed E-state index contributed by atoms with van der Waals surface area (Å²) in [5, 5.41) is 10.1. The van der Waals surface area contributed by atoms with E-state index in [2.05, 4.69) is 20.3 Å². The Bertz CT molecular complexity index is 1390. The van der Waals surface area contributed by atoms with Gasteiger partial charge in [-0.15, -0.1) is 11.3 Å². The number of urea groups is 1. The standard InChI is InChI=1S/C23H24N6O4S2/c1-32-16-5-6-18(33-2)17(13-16)25-22(31)28-9-7-27(8-10-28)14-15-12-20(30)29-23(24-15)35-21(26-29)19-4-3-11-34-19/h3-6,11-13H,7-10,14H2,1-2H3,(H,25,31). The molecular weight excluding hydrogens is 488 g/mol. The average Bonchev–Trinajstić information content (AvgIpc) is 3.55. The van der Waals surface area contributed by atoms with Crippen molar-refractivity contribution in [1.29, 1.82) is 0 Å². The van der Waals surface area contributed by atoms with Crippen LogP contribution in [0.25, 0.3) is 14.8 Å². The van der Waals surface area contributed by atoms with Gasteiger partial charge in [0.25, 0.3) is 5.56 Å². The number of thiophene rings is 1. The fourth-order valence-electron chi connectivity index (χ4n) is 3.88. The van der Waals surface area contributed by atoms with Crippen molar-refractivity contribution in [1.82, 2.24) is 24.4 Å². The zero-order valence-electron chi connectivity index (χ0n) is 19.3. The predicted octanol–water partition coefficient (Wildman–Crippen LogP) is 3.25. The number of fused-ring (bicyclic) bond motifs is 1. The van der Waals surface area contributed by atoms with E-state index in [-0.39, 0.29) is 11.6 Å². The molecule has 5 rings (SSSR count). The van der Waals surface area contributed by atoms with E-state index in [4.69, 9.17) is 9.47 Å². The number of hydrogen-bond acceptors (Lipinski definition) is 9. The number of carbonyl (C=O) groups excluding carboxylic acids is 1. The number of aromatic nitrogens is 3. The molecule has 35 heavy (non-hydrogen) atoms. The third-order valence-corrected chi connectivity index (χ3v) is 7.67. The highest BCUT2D eigenvalue weighted by Crippen LogP contribution is 2.30. The lowest BCUT2D eigenvalue weighted by Crippen LogP contribution is -2.49. The Labute approximate surface area is 209 Å². The molecular formula is C23H24N6O4S2. The third kappa shape index (κ3) is 4.99. The van der Waals surface area contributed by atoms with Crippen LogP contribution in [0, 0.1) is 0 Å². The van der Waals surface area contributed by atoms with Gasteiger partial charge in [0.2, 0.25) is 4.96 Å². The van der Waals surface area contributed by atoms with Gasteiger partial charge < -0.3 is 19.7 Å². The molecule has 3 aromatic heterocycles. The first kappa shape index (κ1) is 23.3. The summed E-state index contributed by atoms with van der Waals surface area (Å²) in [6.45, 7) is 3.00. The number of nitrogens with one attached hydrogen (secondary N) is 1. The number of piperazine rings is 1. The van der Waals surface area contributed by atoms with E-state index in [0.29, 0.717) is 60.6 Å². The monoisotopic (exact) mass is 512 g/mol. The highest BCUT2D eigenvalue weighted by molar-refractivity contribution is 7.23. The molecule has 1 saturated heterocycles. The van der Waals surface area contributed by atoms with Crippen molar-refractivity contribution in [2.45, 2.75) is 6.54 Å². The lowest BCUT2D eigenvalue weighted by molar-refractivity contribution is 0.142. The molecule has 1 N–H and O–H groups in total. The molecule has 0 unspecified atom stereocenters. The molecule has 4 aromatic rings. The maximum atomic E-state index is 12.8. The number of rotatable bonds is 6. The van der Waals surface area contributed by atoms with Crippen molar-refractivity contribution >= 4 is 39.4 Å². The minimum Gasteiger partial charge on any atom is -0.497 e. The van der Waals surface area contributed by atoms with Crippen LogP contribution in [-0.2, 0) is 6.54 Å². The molecule has 0 atom stereocenters. The van der Waals surface area contributed by atoms with Crippen LogP contribution in [0.4, 0.5) is 10.5 Å². The van der Waals surface area contributed by atoms with E-state index < -0.39 is 0 Å². The first-order valence-electron chi connectivity index (χ1n) is 11.0. The second-order valence-corrected chi connectivity index (χ2v) is 9.83. The van der Waals surface area contributed by atoms with Gasteiger partial charge in [0.05, 0.1) is 30.5 Å². The van der Waals surface area contributed by atoms with Gasteiger partial charge >= 0.3 is 6.03 Å². The van der Waals surface area contributed by atoms with Crippen molar-refractivity contribution < 1.29 is 14.3 Å². The molecule has 1 aliphatic heterocycles. The number of carbonyl (C=O) groups is 1. The van der Waals surface area contributed by atoms with Crippen molar-refractivity contribution in [2.75, 3.05) is 45.7 Å². The number of nitrogens with zero attached hydrogens (tertiary/aromatic N) is 5. The van der Waals surface area contributed by atoms with E-state index in [0.717, 1.165) is 9.88 Å². The second kappa shape index (κ2) is 10.0. The largest absolute Gasteiger partial charge is 0.497 e. The summed E-state index contributed by atoms with van der Waals surface area (Å²) in [4.78, 5) is 35.7. The summed E-state index contributed by atoms with van der Waals surface area (Å²) < 4.78 is 12.0. The lowest BCUT2D eigenvalue weighted by atomic mass is 10.2. The fraction of sp³-hybridized carbons (Fsp3) is 0.304. The molecule has 0 bridgehead atoms. The topological polar surface area (TPSA) is 101 Å². The molecule has 2 amide bonds. The van der Waals surface area contributed by atoms with Gasteiger partial charge in [0.1, 0.15) is 11.5 Å². The number of ether oxygens (including phenoxy) is 2. The highest BCUT2D eigenvalue weighted by Gasteiger charge is 2.23. The molecule has 0 saturated carbocycles. The summed E-state index contributed by atoms with van der Waals surface area (Å²) in [5.74, 6) is 1.20. The highest BCUT2D eigenvalue weighted by atomic mass is 32.1. The zero-order chi connectivity index (χ0) is 24.4. The lowest BCUT2D eigenvalue weighted by Gasteiger charge is -2.34. The summed E-state index contributed by atoms with van der Waals surface area (Å²) in [6.07, 6.45) is 0. The van der Waals surface area contributed by atoms with Crippen LogP contribution >= 0.6 is 22.7 Å². The van der Waals surface area contributed by atoms with Gasteiger partial charge in [-0.3, -0.25) is 9.69 Å². The second-order valence-electron chi connectivity index (χ2n) is 7.92. The fourth-order valence-corrected chi connectivity index (χ4v) is 5.60. The van der Waals surface area contributed by atoms with Crippen LogP contribution in [0.5, 0.6) is 11.5 Å². The smallest absolute Gasteiger partial charge is 0.322 e. The van der Waals surface area contributed by atoms with E-state index in [9.17, 15) is 9.59 Å². The maximum absolute atomic E-state index is 12.8. The molecule has 1 aliphatic rings. The van der Waals surface area contributed by atoms with Crippen LogP contribution in [0.15, 0.2) is 46.6 Å². The number of amides is 2. The van der Waals surface area contributed by atoms with Crippen LogP contribution in [0.2, 0.25) is 0 Å². The molecule has 0 radical (unpaired) electrons. The summed E-state index contributed by atoms with van der Waals surface area (Å²) in [7, 11) is 3.13. The number of hydrogen-bond donors (Lipinski definition) is 1. The molecule has 1 fully saturated rings. The van der Waals surface area contributed by atoms with Gasteiger partial charge in [-0.2, -0.15) is 9.61 Å². The number of methoxy groups -OCH3 is 2. The van der Waals surface area contributed by atoms with E-state index in [1.807, 2.05) is 17.5 Å². The molecule has 182 valence electrons. The quantitative estimate of drug-likeness (QED) is 0.423. The molecule has 10 nitrogen and oxygen atoms in total. The normalized spacial score (nSPS) is 14.3. The van der Waals surface area contributed by atoms with Gasteiger partial charge in [-0.25, -0.2) is 9.78 Å². The van der Waals surface area contributed by atoms with Gasteiger partial charge in [0, 0.05) is 44.9 Å². The van der Waals surface area contributed by atoms with Crippen LogP contribution in [0.1, 0.15) is 5.69 Å². The Morgan fingerprint density at radius 1 is 1.11 bits per heavy atom. The van der Waals surface area contributed by atoms with Crippen molar-refractivity contribution in [2.24, 2.45) is 0 Å². The maximum Gasteiger partial charge on any atom is 0.322 e. The minimum absolute atomic E-state index is 0.186. The first-order chi connectivity index (χ1) is 17.0. The Morgan fingerprint density at radius 3 is 2.66 bits per heavy atom. The Morgan fingerprint density at radius 2 is 1.94 bits per heavy atom. The van der Waals surface area contributed by atoms with Gasteiger partial charge in [-0.05, 0) is 23.6 Å². The van der Waals surface area contributed by atoms with Crippen molar-refractivity contribution in [3.63, 3.8) is 0 Å². The predicted molar refractivity (Wildman–Crippen MR) is 136 cm³/mol. The van der Waals surface area contributed by atoms with E-state index >= 15 is 0 Å². The summed E-state index contributed by atoms with van der Waals surface area (Å²) in [6, 6.07) is 10.6. The molecule has 1 aromatic carbocycles. The SMILES string of the molecule is COc1ccc(OC)c(NC(=O)N2CCN(Cc3cc(=O)n4nc(-c5cccs5)sc4n3)CC2)c1. The molecule has 4 heterocycles. The summed E-state index contributed by atoms with van der Waals surface area (Å²) >= 11 is 2.99. The number of anilines is 1. The Balaban J connectivity index is 1.22. The Kier molecular flexibility index (Phi) is 6.66. The van der Waals surface area contributed by atoms with Crippen molar-refractivity contribution in [3.05, 3.63) is 57.8 Å². The van der Waals surface area contributed by atoms with E-state index in [1.165, 1.54) is 15.9 Å². The molecule has 0 aliphatic carbocycles. The van der Waals surface area contributed by atoms with Crippen LogP contribution in [-0.4, -0.2) is 70.8 Å². The Hall–Kier alpha value is -3.48. The summed E-state index contributed by atoms with van der Waals surface area (Å²) in [5.41, 5.74) is 1.08. The van der Waals surface area contributed by atoms with Crippen LogP contribution in [0.3, 0.4) is 0 Å². The zero-order valence-corrected chi connectivity index (χ0v) is 20.9. The van der Waals surface area contributed by atoms with Gasteiger partial charge in [0.15, 0.2) is 5.01 Å². The minimum atomic E-state index is -0.195.